The molecule has 11 heavy (non-hydrogen) atoms. The number of amides is 2. The first kappa shape index (κ1) is 9.76. The van der Waals surface area contributed by atoms with Gasteiger partial charge in [-0.15, -0.1) is 0 Å². The normalized spacial score (nSPS) is 11.5. The van der Waals surface area contributed by atoms with E-state index in [1.165, 1.54) is 4.90 Å². The van der Waals surface area contributed by atoms with Gasteiger partial charge in [-0.3, -0.25) is 0 Å². The molecule has 0 fully saturated rings. The third kappa shape index (κ3) is 3.46. The standard InChI is InChI=1S/C7H13N3O/c1-4-6(5-8)9-7(11)10(2)3/h6H,4H2,1-3H3,(H,9,11). The van der Waals surface area contributed by atoms with Crippen LogP contribution in [0.15, 0.2) is 0 Å². The van der Waals surface area contributed by atoms with Gasteiger partial charge in [-0.25, -0.2) is 4.79 Å². The largest absolute Gasteiger partial charge is 0.331 e. The fourth-order valence-corrected chi connectivity index (χ4v) is 0.504. The molecule has 0 heterocycles. The smallest absolute Gasteiger partial charge is 0.317 e. The van der Waals surface area contributed by atoms with Crippen LogP contribution in [0, 0.1) is 11.3 Å². The Kier molecular flexibility index (Phi) is 4.04. The summed E-state index contributed by atoms with van der Waals surface area (Å²) in [4.78, 5) is 12.3. The van der Waals surface area contributed by atoms with Crippen molar-refractivity contribution in [1.82, 2.24) is 10.2 Å². The maximum Gasteiger partial charge on any atom is 0.317 e. The van der Waals surface area contributed by atoms with E-state index in [0.717, 1.165) is 0 Å². The van der Waals surface area contributed by atoms with Gasteiger partial charge >= 0.3 is 6.03 Å². The highest BCUT2D eigenvalue weighted by Gasteiger charge is 2.09. The quantitative estimate of drug-likeness (QED) is 0.633. The molecule has 1 atom stereocenters. The highest BCUT2D eigenvalue weighted by molar-refractivity contribution is 5.74. The Morgan fingerprint density at radius 3 is 2.55 bits per heavy atom. The SMILES string of the molecule is CCC(C#N)NC(=O)N(C)C. The first-order valence-corrected chi connectivity index (χ1v) is 3.49. The molecule has 0 radical (unpaired) electrons. The lowest BCUT2D eigenvalue weighted by Gasteiger charge is -2.14. The Balaban J connectivity index is 3.84. The van der Waals surface area contributed by atoms with Crippen molar-refractivity contribution in [3.05, 3.63) is 0 Å². The van der Waals surface area contributed by atoms with Crippen molar-refractivity contribution in [3.63, 3.8) is 0 Å². The first-order chi connectivity index (χ1) is 5.11. The van der Waals surface area contributed by atoms with Crippen molar-refractivity contribution in [2.45, 2.75) is 19.4 Å². The molecule has 4 heteroatoms. The van der Waals surface area contributed by atoms with Crippen molar-refractivity contribution in [1.29, 1.82) is 5.26 Å². The Hall–Kier alpha value is -1.24. The zero-order chi connectivity index (χ0) is 8.85. The number of nitrogens with zero attached hydrogens (tertiary/aromatic N) is 2. The van der Waals surface area contributed by atoms with Crippen molar-refractivity contribution in [2.24, 2.45) is 0 Å². The Morgan fingerprint density at radius 1 is 1.73 bits per heavy atom. The molecule has 0 rings (SSSR count). The second kappa shape index (κ2) is 4.56. The lowest BCUT2D eigenvalue weighted by Crippen LogP contribution is -2.40. The third-order valence-electron chi connectivity index (χ3n) is 1.27. The van der Waals surface area contributed by atoms with Gasteiger partial charge in [0.25, 0.3) is 0 Å². The summed E-state index contributed by atoms with van der Waals surface area (Å²) < 4.78 is 0. The molecule has 1 unspecified atom stereocenters. The van der Waals surface area contributed by atoms with Crippen LogP contribution in [0.25, 0.3) is 0 Å². The number of urea groups is 1. The maximum absolute atomic E-state index is 10.9. The molecule has 0 bridgehead atoms. The number of hydrogen-bond acceptors (Lipinski definition) is 2. The van der Waals surface area contributed by atoms with Crippen LogP contribution in [-0.4, -0.2) is 31.1 Å². The van der Waals surface area contributed by atoms with Gasteiger partial charge in [-0.1, -0.05) is 6.92 Å². The molecule has 0 aliphatic carbocycles. The summed E-state index contributed by atoms with van der Waals surface area (Å²) in [7, 11) is 3.28. The van der Waals surface area contributed by atoms with Crippen LogP contribution in [0.1, 0.15) is 13.3 Å². The van der Waals surface area contributed by atoms with Crippen LogP contribution in [-0.2, 0) is 0 Å². The number of carbonyl (C=O) groups is 1. The van der Waals surface area contributed by atoms with Crippen molar-refractivity contribution in [2.75, 3.05) is 14.1 Å². The molecular formula is C7H13N3O. The van der Waals surface area contributed by atoms with E-state index in [2.05, 4.69) is 5.32 Å². The van der Waals surface area contributed by atoms with E-state index in [0.29, 0.717) is 6.42 Å². The zero-order valence-electron chi connectivity index (χ0n) is 7.09. The van der Waals surface area contributed by atoms with Gasteiger partial charge in [-0.05, 0) is 6.42 Å². The van der Waals surface area contributed by atoms with Crippen LogP contribution >= 0.6 is 0 Å². The third-order valence-corrected chi connectivity index (χ3v) is 1.27. The lowest BCUT2D eigenvalue weighted by atomic mass is 10.2. The van der Waals surface area contributed by atoms with Crippen LogP contribution in [0.4, 0.5) is 4.79 Å². The summed E-state index contributed by atoms with van der Waals surface area (Å²) in [5, 5.41) is 11.0. The molecule has 1 N–H and O–H groups in total. The van der Waals surface area contributed by atoms with E-state index in [4.69, 9.17) is 5.26 Å². The second-order valence-corrected chi connectivity index (χ2v) is 2.43. The van der Waals surface area contributed by atoms with Gasteiger partial charge in [0.05, 0.1) is 6.07 Å². The highest BCUT2D eigenvalue weighted by Crippen LogP contribution is 1.89. The average Bonchev–Trinajstić information content (AvgIpc) is 1.99. The van der Waals surface area contributed by atoms with Gasteiger partial charge in [-0.2, -0.15) is 5.26 Å². The van der Waals surface area contributed by atoms with Crippen LogP contribution in [0.2, 0.25) is 0 Å². The lowest BCUT2D eigenvalue weighted by molar-refractivity contribution is 0.215. The fourth-order valence-electron chi connectivity index (χ4n) is 0.504. The van der Waals surface area contributed by atoms with Gasteiger partial charge < -0.3 is 10.2 Å². The van der Waals surface area contributed by atoms with E-state index < -0.39 is 0 Å². The van der Waals surface area contributed by atoms with E-state index in [1.54, 1.807) is 14.1 Å². The number of nitrogens with one attached hydrogen (secondary N) is 1. The van der Waals surface area contributed by atoms with Crippen LogP contribution in [0.5, 0.6) is 0 Å². The molecule has 62 valence electrons. The molecule has 0 saturated carbocycles. The summed E-state index contributed by atoms with van der Waals surface area (Å²) >= 11 is 0. The molecule has 0 aromatic carbocycles. The van der Waals surface area contributed by atoms with Crippen molar-refractivity contribution in [3.8, 4) is 6.07 Å². The molecule has 0 spiro atoms. The molecule has 2 amide bonds. The van der Waals surface area contributed by atoms with Crippen molar-refractivity contribution < 1.29 is 4.79 Å². The molecule has 0 aliphatic rings. The van der Waals surface area contributed by atoms with Crippen LogP contribution < -0.4 is 5.32 Å². The Labute approximate surface area is 66.8 Å². The summed E-state index contributed by atoms with van der Waals surface area (Å²) in [6.07, 6.45) is 0.635. The minimum absolute atomic E-state index is 0.224. The summed E-state index contributed by atoms with van der Waals surface area (Å²) in [5.41, 5.74) is 0. The monoisotopic (exact) mass is 155 g/mol. The minimum atomic E-state index is -0.370. The van der Waals surface area contributed by atoms with Gasteiger partial charge in [0.15, 0.2) is 0 Å². The highest BCUT2D eigenvalue weighted by atomic mass is 16.2. The molecule has 0 saturated heterocycles. The van der Waals surface area contributed by atoms with E-state index in [-0.39, 0.29) is 12.1 Å². The second-order valence-electron chi connectivity index (χ2n) is 2.43. The van der Waals surface area contributed by atoms with Crippen LogP contribution in [0.3, 0.4) is 0 Å². The van der Waals surface area contributed by atoms with Gasteiger partial charge in [0, 0.05) is 14.1 Å². The number of rotatable bonds is 2. The number of nitriles is 1. The maximum atomic E-state index is 10.9. The van der Waals surface area contributed by atoms with E-state index >= 15 is 0 Å². The first-order valence-electron chi connectivity index (χ1n) is 3.49. The topological polar surface area (TPSA) is 56.1 Å². The van der Waals surface area contributed by atoms with Gasteiger partial charge in [0.1, 0.15) is 6.04 Å². The van der Waals surface area contributed by atoms with E-state index in [1.807, 2.05) is 13.0 Å². The summed E-state index contributed by atoms with van der Waals surface area (Å²) in [6.45, 7) is 1.85. The average molecular weight is 155 g/mol. The van der Waals surface area contributed by atoms with Gasteiger partial charge in [0.2, 0.25) is 0 Å². The Bertz CT molecular complexity index is 171. The molecule has 4 nitrogen and oxygen atoms in total. The summed E-state index contributed by atoms with van der Waals surface area (Å²) in [5.74, 6) is 0. The zero-order valence-corrected chi connectivity index (χ0v) is 7.09. The van der Waals surface area contributed by atoms with E-state index in [9.17, 15) is 4.79 Å². The number of carbonyl (C=O) groups excluding carboxylic acids is 1. The predicted molar refractivity (Wildman–Crippen MR) is 41.9 cm³/mol. The minimum Gasteiger partial charge on any atom is -0.331 e. The molecule has 0 aromatic heterocycles. The van der Waals surface area contributed by atoms with Crippen molar-refractivity contribution >= 4 is 6.03 Å². The fraction of sp³-hybridized carbons (Fsp3) is 0.714. The number of hydrogen-bond donors (Lipinski definition) is 1. The Morgan fingerprint density at radius 2 is 2.27 bits per heavy atom. The molecular weight excluding hydrogens is 142 g/mol. The molecule has 0 aliphatic heterocycles. The predicted octanol–water partition coefficient (Wildman–Crippen LogP) is 0.560. The molecule has 0 aromatic rings. The summed E-state index contributed by atoms with van der Waals surface area (Å²) in [6, 6.07) is 1.38.